The van der Waals surface area contributed by atoms with Gasteiger partial charge in [0.25, 0.3) is 5.91 Å². The number of carbonyl (C=O) groups excluding carboxylic acids is 1. The standard InChI is InChI=1S/C22H21F3N4O/c1-21(2)12-29(13-21)17-9-7-16(8-10-17)27-20(30)18-11-26-28-19(18)14-3-5-15(6-4-14)22(23,24)25/h3-11H,12-13H2,1-2H3,(H,26,28)(H,27,30). The van der Waals surface area contributed by atoms with E-state index in [1.54, 1.807) is 0 Å². The Morgan fingerprint density at radius 3 is 2.27 bits per heavy atom. The van der Waals surface area contributed by atoms with Crippen LogP contribution in [0.25, 0.3) is 11.3 Å². The summed E-state index contributed by atoms with van der Waals surface area (Å²) in [6, 6.07) is 12.2. The zero-order valence-corrected chi connectivity index (χ0v) is 16.5. The van der Waals surface area contributed by atoms with Crippen molar-refractivity contribution in [2.75, 3.05) is 23.3 Å². The van der Waals surface area contributed by atoms with Crippen molar-refractivity contribution in [3.63, 3.8) is 0 Å². The number of rotatable bonds is 4. The van der Waals surface area contributed by atoms with Crippen LogP contribution in [0.2, 0.25) is 0 Å². The summed E-state index contributed by atoms with van der Waals surface area (Å²) in [5.41, 5.74) is 2.36. The molecule has 0 bridgehead atoms. The van der Waals surface area contributed by atoms with Crippen LogP contribution in [0.15, 0.2) is 54.7 Å². The number of anilines is 2. The third-order valence-corrected chi connectivity index (χ3v) is 5.11. The highest BCUT2D eigenvalue weighted by Gasteiger charge is 2.34. The van der Waals surface area contributed by atoms with Crippen LogP contribution in [0.3, 0.4) is 0 Å². The third-order valence-electron chi connectivity index (χ3n) is 5.11. The molecule has 5 nitrogen and oxygen atoms in total. The van der Waals surface area contributed by atoms with Gasteiger partial charge in [-0.25, -0.2) is 0 Å². The van der Waals surface area contributed by atoms with E-state index in [2.05, 4.69) is 34.3 Å². The molecule has 1 aliphatic heterocycles. The highest BCUT2D eigenvalue weighted by Crippen LogP contribution is 2.34. The van der Waals surface area contributed by atoms with Gasteiger partial charge in [-0.3, -0.25) is 9.89 Å². The van der Waals surface area contributed by atoms with E-state index < -0.39 is 17.6 Å². The number of hydrogen-bond acceptors (Lipinski definition) is 3. The van der Waals surface area contributed by atoms with E-state index >= 15 is 0 Å². The summed E-state index contributed by atoms with van der Waals surface area (Å²) in [7, 11) is 0. The van der Waals surface area contributed by atoms with E-state index in [0.29, 0.717) is 22.4 Å². The number of amides is 1. The molecule has 1 amide bonds. The van der Waals surface area contributed by atoms with Crippen LogP contribution in [0, 0.1) is 5.41 Å². The number of hydrogen-bond donors (Lipinski definition) is 2. The normalized spacial score (nSPS) is 15.6. The first kappa shape index (κ1) is 20.0. The number of alkyl halides is 3. The van der Waals surface area contributed by atoms with Crippen molar-refractivity contribution in [1.29, 1.82) is 0 Å². The van der Waals surface area contributed by atoms with Gasteiger partial charge >= 0.3 is 6.18 Å². The van der Waals surface area contributed by atoms with Gasteiger partial charge < -0.3 is 10.2 Å². The quantitative estimate of drug-likeness (QED) is 0.617. The van der Waals surface area contributed by atoms with Gasteiger partial charge in [0.1, 0.15) is 0 Å². The maximum absolute atomic E-state index is 12.8. The van der Waals surface area contributed by atoms with Crippen molar-refractivity contribution in [3.05, 3.63) is 65.9 Å². The van der Waals surface area contributed by atoms with Crippen LogP contribution in [0.4, 0.5) is 24.5 Å². The summed E-state index contributed by atoms with van der Waals surface area (Å²) >= 11 is 0. The first-order valence-corrected chi connectivity index (χ1v) is 9.50. The Morgan fingerprint density at radius 2 is 1.70 bits per heavy atom. The van der Waals surface area contributed by atoms with E-state index in [0.717, 1.165) is 30.9 Å². The molecule has 3 aromatic rings. The number of benzene rings is 2. The molecular formula is C22H21F3N4O. The second-order valence-electron chi connectivity index (χ2n) is 8.26. The molecule has 0 radical (unpaired) electrons. The zero-order valence-electron chi connectivity index (χ0n) is 16.5. The maximum atomic E-state index is 12.8. The average molecular weight is 414 g/mol. The zero-order chi connectivity index (χ0) is 21.5. The van der Waals surface area contributed by atoms with Gasteiger partial charge in [0, 0.05) is 30.0 Å². The van der Waals surface area contributed by atoms with Gasteiger partial charge in [-0.1, -0.05) is 26.0 Å². The number of halogens is 3. The minimum absolute atomic E-state index is 0.253. The molecule has 8 heteroatoms. The molecule has 0 atom stereocenters. The van der Waals surface area contributed by atoms with Crippen molar-refractivity contribution < 1.29 is 18.0 Å². The minimum Gasteiger partial charge on any atom is -0.370 e. The Kier molecular flexibility index (Phi) is 4.80. The summed E-state index contributed by atoms with van der Waals surface area (Å²) in [5, 5.41) is 9.39. The van der Waals surface area contributed by atoms with Crippen molar-refractivity contribution in [3.8, 4) is 11.3 Å². The first-order valence-electron chi connectivity index (χ1n) is 9.50. The molecule has 1 saturated heterocycles. The predicted octanol–water partition coefficient (Wildman–Crippen LogP) is 5.19. The molecule has 0 unspecified atom stereocenters. The van der Waals surface area contributed by atoms with Gasteiger partial charge in [0.05, 0.1) is 23.0 Å². The van der Waals surface area contributed by atoms with E-state index in [1.807, 2.05) is 24.3 Å². The van der Waals surface area contributed by atoms with Crippen LogP contribution in [-0.4, -0.2) is 29.2 Å². The molecule has 30 heavy (non-hydrogen) atoms. The summed E-state index contributed by atoms with van der Waals surface area (Å²) in [5.74, 6) is -0.392. The smallest absolute Gasteiger partial charge is 0.370 e. The van der Waals surface area contributed by atoms with Crippen molar-refractivity contribution >= 4 is 17.3 Å². The first-order chi connectivity index (χ1) is 14.1. The van der Waals surface area contributed by atoms with E-state index in [9.17, 15) is 18.0 Å². The number of nitrogens with one attached hydrogen (secondary N) is 2. The van der Waals surface area contributed by atoms with Crippen molar-refractivity contribution in [2.24, 2.45) is 5.41 Å². The summed E-state index contributed by atoms with van der Waals surface area (Å²) in [6.45, 7) is 6.42. The van der Waals surface area contributed by atoms with Gasteiger partial charge in [-0.15, -0.1) is 0 Å². The molecule has 0 saturated carbocycles. The fourth-order valence-electron chi connectivity index (χ4n) is 3.63. The van der Waals surface area contributed by atoms with Crippen LogP contribution in [0.1, 0.15) is 29.8 Å². The lowest BCUT2D eigenvalue weighted by Crippen LogP contribution is -2.53. The predicted molar refractivity (Wildman–Crippen MR) is 109 cm³/mol. The second kappa shape index (κ2) is 7.19. The number of carbonyl (C=O) groups is 1. The monoisotopic (exact) mass is 414 g/mol. The lowest BCUT2D eigenvalue weighted by atomic mass is 9.84. The highest BCUT2D eigenvalue weighted by molar-refractivity contribution is 6.08. The lowest BCUT2D eigenvalue weighted by molar-refractivity contribution is -0.137. The second-order valence-corrected chi connectivity index (χ2v) is 8.26. The van der Waals surface area contributed by atoms with Gasteiger partial charge in [0.2, 0.25) is 0 Å². The van der Waals surface area contributed by atoms with E-state index in [-0.39, 0.29) is 5.56 Å². The topological polar surface area (TPSA) is 61.0 Å². The number of aromatic nitrogens is 2. The number of aromatic amines is 1. The molecular weight excluding hydrogens is 393 g/mol. The average Bonchev–Trinajstić information content (AvgIpc) is 3.16. The van der Waals surface area contributed by atoms with Crippen LogP contribution in [-0.2, 0) is 6.18 Å². The number of H-pyrrole nitrogens is 1. The van der Waals surface area contributed by atoms with Crippen LogP contribution < -0.4 is 10.2 Å². The van der Waals surface area contributed by atoms with Gasteiger partial charge in [-0.05, 0) is 41.8 Å². The molecule has 1 aromatic heterocycles. The highest BCUT2D eigenvalue weighted by atomic mass is 19.4. The Balaban J connectivity index is 1.47. The minimum atomic E-state index is -4.41. The van der Waals surface area contributed by atoms with Gasteiger partial charge in [-0.2, -0.15) is 18.3 Å². The SMILES string of the molecule is CC1(C)CN(c2ccc(NC(=O)c3cn[nH]c3-c3ccc(C(F)(F)F)cc3)cc2)C1. The van der Waals surface area contributed by atoms with Crippen molar-refractivity contribution in [2.45, 2.75) is 20.0 Å². The Bertz CT molecular complexity index is 1050. The fraction of sp³-hybridized carbons (Fsp3) is 0.273. The van der Waals surface area contributed by atoms with Crippen molar-refractivity contribution in [1.82, 2.24) is 10.2 Å². The Labute approximate surface area is 171 Å². The lowest BCUT2D eigenvalue weighted by Gasteiger charge is -2.47. The molecule has 4 rings (SSSR count). The fourth-order valence-corrected chi connectivity index (χ4v) is 3.63. The molecule has 1 aliphatic rings. The molecule has 2 aromatic carbocycles. The Hall–Kier alpha value is -3.29. The summed E-state index contributed by atoms with van der Waals surface area (Å²) < 4.78 is 38.3. The molecule has 156 valence electrons. The van der Waals surface area contributed by atoms with E-state index in [4.69, 9.17) is 0 Å². The third kappa shape index (κ3) is 4.03. The molecule has 2 N–H and O–H groups in total. The molecule has 0 aliphatic carbocycles. The van der Waals surface area contributed by atoms with Gasteiger partial charge in [0.15, 0.2) is 0 Å². The maximum Gasteiger partial charge on any atom is 0.416 e. The van der Waals surface area contributed by atoms with Crippen LogP contribution >= 0.6 is 0 Å². The molecule has 2 heterocycles. The van der Waals surface area contributed by atoms with E-state index in [1.165, 1.54) is 18.3 Å². The largest absolute Gasteiger partial charge is 0.416 e. The Morgan fingerprint density at radius 1 is 1.07 bits per heavy atom. The molecule has 1 fully saturated rings. The van der Waals surface area contributed by atoms with Crippen LogP contribution in [0.5, 0.6) is 0 Å². The summed E-state index contributed by atoms with van der Waals surface area (Å²) in [6.07, 6.45) is -3.05. The number of nitrogens with zero attached hydrogens (tertiary/aromatic N) is 2. The summed E-state index contributed by atoms with van der Waals surface area (Å²) in [4.78, 5) is 15.0. The molecule has 0 spiro atoms.